The summed E-state index contributed by atoms with van der Waals surface area (Å²) in [6.07, 6.45) is 0.262. The van der Waals surface area contributed by atoms with Crippen molar-refractivity contribution >= 4 is 11.8 Å². The summed E-state index contributed by atoms with van der Waals surface area (Å²) in [5.41, 5.74) is 0.448. The normalized spacial score (nSPS) is 9.31. The van der Waals surface area contributed by atoms with Crippen molar-refractivity contribution in [3.8, 4) is 0 Å². The van der Waals surface area contributed by atoms with Crippen LogP contribution in [0.15, 0.2) is 30.3 Å². The highest BCUT2D eigenvalue weighted by molar-refractivity contribution is 6.04. The van der Waals surface area contributed by atoms with Crippen LogP contribution in [0.1, 0.15) is 23.7 Å². The van der Waals surface area contributed by atoms with Crippen LogP contribution in [0.2, 0.25) is 0 Å². The number of rotatable bonds is 2. The molecule has 0 atom stereocenters. The number of imide groups is 1. The molecule has 0 bridgehead atoms. The molecular weight excluding hydrogens is 166 g/mol. The first-order valence-electron chi connectivity index (χ1n) is 4.08. The van der Waals surface area contributed by atoms with Crippen molar-refractivity contribution in [2.45, 2.75) is 13.3 Å². The minimum Gasteiger partial charge on any atom is -0.273 e. The summed E-state index contributed by atoms with van der Waals surface area (Å²) in [4.78, 5) is 22.0. The van der Waals surface area contributed by atoms with E-state index >= 15 is 0 Å². The maximum Gasteiger partial charge on any atom is 0.280 e. The Bertz CT molecular complexity index is 306. The molecule has 0 aliphatic heterocycles. The minimum atomic E-state index is -0.465. The molecule has 2 amide bonds. The van der Waals surface area contributed by atoms with E-state index in [1.165, 1.54) is 0 Å². The second-order valence-corrected chi connectivity index (χ2v) is 2.53. The first kappa shape index (κ1) is 9.45. The highest BCUT2D eigenvalue weighted by Crippen LogP contribution is 1.98. The summed E-state index contributed by atoms with van der Waals surface area (Å²) in [5, 5.41) is 3.39. The summed E-state index contributed by atoms with van der Waals surface area (Å²) >= 11 is 0. The highest BCUT2D eigenvalue weighted by atomic mass is 16.2. The first-order valence-corrected chi connectivity index (χ1v) is 4.08. The molecule has 0 N–H and O–H groups in total. The van der Waals surface area contributed by atoms with Gasteiger partial charge < -0.3 is 0 Å². The van der Waals surface area contributed by atoms with E-state index in [-0.39, 0.29) is 12.3 Å². The van der Waals surface area contributed by atoms with Crippen molar-refractivity contribution in [2.75, 3.05) is 0 Å². The molecular formula is C10H10NO2. The first-order chi connectivity index (χ1) is 6.24. The van der Waals surface area contributed by atoms with Gasteiger partial charge in [0.1, 0.15) is 0 Å². The molecule has 13 heavy (non-hydrogen) atoms. The fourth-order valence-electron chi connectivity index (χ4n) is 0.838. The zero-order valence-electron chi connectivity index (χ0n) is 7.36. The van der Waals surface area contributed by atoms with Gasteiger partial charge in [-0.15, -0.1) is 0 Å². The molecule has 0 aliphatic rings. The summed E-state index contributed by atoms with van der Waals surface area (Å²) < 4.78 is 0. The molecule has 0 saturated carbocycles. The number of carbonyl (C=O) groups excluding carboxylic acids is 2. The molecule has 1 radical (unpaired) electrons. The van der Waals surface area contributed by atoms with E-state index in [1.54, 1.807) is 37.3 Å². The second-order valence-electron chi connectivity index (χ2n) is 2.53. The van der Waals surface area contributed by atoms with Gasteiger partial charge in [0.05, 0.1) is 0 Å². The summed E-state index contributed by atoms with van der Waals surface area (Å²) in [7, 11) is 0. The van der Waals surface area contributed by atoms with Crippen LogP contribution in [-0.4, -0.2) is 11.8 Å². The zero-order valence-corrected chi connectivity index (χ0v) is 7.36. The summed E-state index contributed by atoms with van der Waals surface area (Å²) in [6, 6.07) is 8.54. The van der Waals surface area contributed by atoms with Gasteiger partial charge in [0.2, 0.25) is 5.91 Å². The molecule has 3 heteroatoms. The van der Waals surface area contributed by atoms with Crippen LogP contribution < -0.4 is 5.32 Å². The maximum atomic E-state index is 11.2. The third kappa shape index (κ3) is 2.71. The van der Waals surface area contributed by atoms with Crippen LogP contribution in [-0.2, 0) is 4.79 Å². The Balaban J connectivity index is 2.65. The van der Waals surface area contributed by atoms with Gasteiger partial charge in [-0.05, 0) is 12.1 Å². The standard InChI is InChI=1S/C10H10NO2/c1-2-9(12)11-10(13)8-6-4-3-5-7-8/h3-7H,2H2,1H3. The molecule has 1 aromatic carbocycles. The lowest BCUT2D eigenvalue weighted by Crippen LogP contribution is -2.21. The van der Waals surface area contributed by atoms with Gasteiger partial charge in [-0.3, -0.25) is 9.59 Å². The van der Waals surface area contributed by atoms with Crippen molar-refractivity contribution in [1.82, 2.24) is 5.32 Å². The molecule has 0 aliphatic carbocycles. The number of nitrogens with zero attached hydrogens (tertiary/aromatic N) is 1. The number of hydrogen-bond acceptors (Lipinski definition) is 2. The topological polar surface area (TPSA) is 48.2 Å². The number of carbonyl (C=O) groups is 2. The van der Waals surface area contributed by atoms with Crippen molar-refractivity contribution in [2.24, 2.45) is 0 Å². The summed E-state index contributed by atoms with van der Waals surface area (Å²) in [5.74, 6) is -0.846. The Labute approximate surface area is 76.8 Å². The molecule has 0 heterocycles. The minimum absolute atomic E-state index is 0.262. The van der Waals surface area contributed by atoms with Crippen molar-refractivity contribution in [3.63, 3.8) is 0 Å². The van der Waals surface area contributed by atoms with Crippen molar-refractivity contribution in [3.05, 3.63) is 35.9 Å². The highest BCUT2D eigenvalue weighted by Gasteiger charge is 2.09. The van der Waals surface area contributed by atoms with Crippen LogP contribution in [0.4, 0.5) is 0 Å². The molecule has 0 aromatic heterocycles. The molecule has 3 nitrogen and oxygen atoms in total. The predicted molar refractivity (Wildman–Crippen MR) is 48.2 cm³/mol. The van der Waals surface area contributed by atoms with Crippen LogP contribution in [0.5, 0.6) is 0 Å². The smallest absolute Gasteiger partial charge is 0.273 e. The van der Waals surface area contributed by atoms with E-state index < -0.39 is 5.91 Å². The molecule has 1 rings (SSSR count). The van der Waals surface area contributed by atoms with Gasteiger partial charge in [-0.2, -0.15) is 5.32 Å². The largest absolute Gasteiger partial charge is 0.280 e. The van der Waals surface area contributed by atoms with E-state index in [9.17, 15) is 9.59 Å². The van der Waals surface area contributed by atoms with Gasteiger partial charge in [0, 0.05) is 12.0 Å². The van der Waals surface area contributed by atoms with Gasteiger partial charge in [0.15, 0.2) is 0 Å². The SMILES string of the molecule is CCC(=O)[N]C(=O)c1ccccc1. The average Bonchev–Trinajstić information content (AvgIpc) is 2.19. The van der Waals surface area contributed by atoms with E-state index in [1.807, 2.05) is 0 Å². The lowest BCUT2D eigenvalue weighted by Gasteiger charge is -1.97. The van der Waals surface area contributed by atoms with Gasteiger partial charge in [-0.1, -0.05) is 25.1 Å². The van der Waals surface area contributed by atoms with Gasteiger partial charge >= 0.3 is 0 Å². The molecule has 0 fully saturated rings. The number of hydrogen-bond donors (Lipinski definition) is 0. The quantitative estimate of drug-likeness (QED) is 0.683. The van der Waals surface area contributed by atoms with Crippen LogP contribution in [0.25, 0.3) is 0 Å². The van der Waals surface area contributed by atoms with Crippen LogP contribution in [0.3, 0.4) is 0 Å². The van der Waals surface area contributed by atoms with Crippen molar-refractivity contribution in [1.29, 1.82) is 0 Å². The van der Waals surface area contributed by atoms with Gasteiger partial charge in [0.25, 0.3) is 5.91 Å². The van der Waals surface area contributed by atoms with Gasteiger partial charge in [-0.25, -0.2) is 0 Å². The summed E-state index contributed by atoms with van der Waals surface area (Å²) in [6.45, 7) is 1.67. The predicted octanol–water partition coefficient (Wildman–Crippen LogP) is 1.37. The fourth-order valence-corrected chi connectivity index (χ4v) is 0.838. The molecule has 1 aromatic rings. The Morgan fingerprint density at radius 1 is 1.23 bits per heavy atom. The number of amides is 2. The molecule has 67 valence electrons. The van der Waals surface area contributed by atoms with E-state index in [4.69, 9.17) is 0 Å². The Morgan fingerprint density at radius 3 is 2.38 bits per heavy atom. The zero-order chi connectivity index (χ0) is 9.68. The fraction of sp³-hybridized carbons (Fsp3) is 0.200. The lowest BCUT2D eigenvalue weighted by molar-refractivity contribution is -0.120. The average molecular weight is 176 g/mol. The molecule has 0 spiro atoms. The van der Waals surface area contributed by atoms with E-state index in [2.05, 4.69) is 5.32 Å². The number of benzene rings is 1. The third-order valence-corrected chi connectivity index (χ3v) is 1.55. The van der Waals surface area contributed by atoms with E-state index in [0.29, 0.717) is 5.56 Å². The molecule has 0 unspecified atom stereocenters. The third-order valence-electron chi connectivity index (χ3n) is 1.55. The maximum absolute atomic E-state index is 11.2. The Hall–Kier alpha value is -1.64. The van der Waals surface area contributed by atoms with E-state index in [0.717, 1.165) is 0 Å². The van der Waals surface area contributed by atoms with Crippen LogP contribution in [0, 0.1) is 0 Å². The second kappa shape index (κ2) is 4.40. The molecule has 0 saturated heterocycles. The Morgan fingerprint density at radius 2 is 1.85 bits per heavy atom. The van der Waals surface area contributed by atoms with Crippen molar-refractivity contribution < 1.29 is 9.59 Å². The monoisotopic (exact) mass is 176 g/mol. The Kier molecular flexibility index (Phi) is 3.20. The van der Waals surface area contributed by atoms with Crippen LogP contribution >= 0.6 is 0 Å². The lowest BCUT2D eigenvalue weighted by atomic mass is 10.2.